The molecule has 16 nitrogen and oxygen atoms in total. The summed E-state index contributed by atoms with van der Waals surface area (Å²) in [5, 5.41) is 20.4. The highest BCUT2D eigenvalue weighted by atomic mass is 31.2. The predicted molar refractivity (Wildman–Crippen MR) is 275 cm³/mol. The zero-order valence-corrected chi connectivity index (χ0v) is 46.0. The molecule has 4 N–H and O–H groups in total. The number of hydrogen-bond acceptors (Lipinski definition) is 14. The van der Waals surface area contributed by atoms with Crippen LogP contribution in [0.25, 0.3) is 0 Å². The Balaban J connectivity index is 4.65. The Bertz CT molecular complexity index is 1320. The zero-order valence-electron chi connectivity index (χ0n) is 44.2. The molecular formula is C52H102O16P2. The second-order valence-corrected chi connectivity index (χ2v) is 22.0. The molecule has 0 heterocycles. The van der Waals surface area contributed by atoms with Gasteiger partial charge in [0.25, 0.3) is 0 Å². The van der Waals surface area contributed by atoms with Crippen LogP contribution >= 0.6 is 15.6 Å². The average Bonchev–Trinajstić information content (AvgIpc) is 3.33. The molecule has 0 aromatic heterocycles. The summed E-state index contributed by atoms with van der Waals surface area (Å²) < 4.78 is 60.3. The van der Waals surface area contributed by atoms with Gasteiger partial charge < -0.3 is 34.2 Å². The molecule has 0 bridgehead atoms. The van der Waals surface area contributed by atoms with Crippen molar-refractivity contribution >= 4 is 33.6 Å². The van der Waals surface area contributed by atoms with Crippen molar-refractivity contribution in [3.8, 4) is 0 Å². The minimum Gasteiger partial charge on any atom is -0.463 e. The Morgan fingerprint density at radius 3 is 0.900 bits per heavy atom. The number of phosphoric ester groups is 2. The van der Waals surface area contributed by atoms with Crippen molar-refractivity contribution in [1.82, 2.24) is 0 Å². The number of esters is 3. The molecule has 0 amide bonds. The van der Waals surface area contributed by atoms with Gasteiger partial charge in [0.2, 0.25) is 0 Å². The Morgan fingerprint density at radius 1 is 0.343 bits per heavy atom. The zero-order chi connectivity index (χ0) is 51.8. The maximum Gasteiger partial charge on any atom is 0.472 e. The third-order valence-electron chi connectivity index (χ3n) is 12.1. The number of unbranched alkanes of at least 4 members (excludes halogenated alkanes) is 31. The SMILES string of the molecule is CCCCCCCCCCCCCCC(=O)OC[C@@H](O)COP(=O)(O)OC[C@@H](O)COP(=O)(O)OC[C@@H](COC(=O)CCCCCCCCCCCCC)OC(=O)CCCCCCCCCCCCC. The number of carbonyl (C=O) groups excluding carboxylic acids is 3. The number of aliphatic hydroxyl groups is 2. The Labute approximate surface area is 424 Å². The van der Waals surface area contributed by atoms with Crippen LogP contribution in [0.2, 0.25) is 0 Å². The van der Waals surface area contributed by atoms with Crippen LogP contribution in [0.1, 0.15) is 258 Å². The van der Waals surface area contributed by atoms with Gasteiger partial charge in [-0.25, -0.2) is 9.13 Å². The molecule has 18 heteroatoms. The van der Waals surface area contributed by atoms with Crippen molar-refractivity contribution < 1.29 is 75.8 Å². The molecular weight excluding hydrogens is 943 g/mol. The minimum absolute atomic E-state index is 0.115. The van der Waals surface area contributed by atoms with Crippen molar-refractivity contribution in [2.45, 2.75) is 277 Å². The van der Waals surface area contributed by atoms with Gasteiger partial charge in [-0.15, -0.1) is 0 Å². The van der Waals surface area contributed by atoms with Crippen molar-refractivity contribution in [3.05, 3.63) is 0 Å². The van der Waals surface area contributed by atoms with E-state index in [-0.39, 0.29) is 19.3 Å². The molecule has 0 aromatic carbocycles. The van der Waals surface area contributed by atoms with E-state index in [1.165, 1.54) is 135 Å². The number of carbonyl (C=O) groups is 3. The van der Waals surface area contributed by atoms with Gasteiger partial charge in [-0.2, -0.15) is 0 Å². The lowest BCUT2D eigenvalue weighted by Gasteiger charge is -2.21. The van der Waals surface area contributed by atoms with E-state index in [4.69, 9.17) is 32.3 Å². The van der Waals surface area contributed by atoms with Gasteiger partial charge >= 0.3 is 33.6 Å². The van der Waals surface area contributed by atoms with Crippen LogP contribution < -0.4 is 0 Å². The number of rotatable bonds is 54. The van der Waals surface area contributed by atoms with Crippen LogP contribution in [-0.2, 0) is 55.8 Å². The van der Waals surface area contributed by atoms with E-state index in [2.05, 4.69) is 20.8 Å². The molecule has 5 atom stereocenters. The molecule has 0 aliphatic rings. The molecule has 0 aromatic rings. The van der Waals surface area contributed by atoms with Crippen LogP contribution in [0.15, 0.2) is 0 Å². The van der Waals surface area contributed by atoms with E-state index in [9.17, 15) is 43.5 Å². The van der Waals surface area contributed by atoms with Crippen molar-refractivity contribution in [1.29, 1.82) is 0 Å². The van der Waals surface area contributed by atoms with E-state index >= 15 is 0 Å². The second-order valence-electron chi connectivity index (χ2n) is 19.1. The first kappa shape index (κ1) is 68.6. The largest absolute Gasteiger partial charge is 0.472 e. The molecule has 0 aliphatic carbocycles. The van der Waals surface area contributed by atoms with Gasteiger partial charge in [-0.1, -0.05) is 220 Å². The van der Waals surface area contributed by atoms with Crippen LogP contribution in [0.5, 0.6) is 0 Å². The molecule has 0 rings (SSSR count). The maximum absolute atomic E-state index is 12.8. The highest BCUT2D eigenvalue weighted by Crippen LogP contribution is 2.45. The van der Waals surface area contributed by atoms with E-state index in [0.29, 0.717) is 19.3 Å². The number of phosphoric acid groups is 2. The third-order valence-corrected chi connectivity index (χ3v) is 14.0. The lowest BCUT2D eigenvalue weighted by molar-refractivity contribution is -0.161. The van der Waals surface area contributed by atoms with Crippen molar-refractivity contribution in [3.63, 3.8) is 0 Å². The molecule has 2 unspecified atom stereocenters. The van der Waals surface area contributed by atoms with Crippen molar-refractivity contribution in [2.24, 2.45) is 0 Å². The molecule has 0 spiro atoms. The average molecular weight is 1050 g/mol. The predicted octanol–water partition coefficient (Wildman–Crippen LogP) is 13.5. The fourth-order valence-corrected chi connectivity index (χ4v) is 9.33. The summed E-state index contributed by atoms with van der Waals surface area (Å²) in [5.74, 6) is -1.55. The molecule has 416 valence electrons. The normalized spacial score (nSPS) is 14.7. The van der Waals surface area contributed by atoms with Gasteiger partial charge in [0.15, 0.2) is 6.10 Å². The van der Waals surface area contributed by atoms with Gasteiger partial charge in [0.05, 0.1) is 26.4 Å². The molecule has 0 aliphatic heterocycles. The van der Waals surface area contributed by atoms with Crippen LogP contribution in [0.3, 0.4) is 0 Å². The molecule has 70 heavy (non-hydrogen) atoms. The molecule has 0 saturated carbocycles. The molecule has 0 fully saturated rings. The van der Waals surface area contributed by atoms with E-state index in [0.717, 1.165) is 64.2 Å². The highest BCUT2D eigenvalue weighted by molar-refractivity contribution is 7.47. The summed E-state index contributed by atoms with van der Waals surface area (Å²) >= 11 is 0. The van der Waals surface area contributed by atoms with Gasteiger partial charge in [-0.05, 0) is 19.3 Å². The monoisotopic (exact) mass is 1040 g/mol. The Hall–Kier alpha value is -1.45. The second kappa shape index (κ2) is 48.5. The van der Waals surface area contributed by atoms with Gasteiger partial charge in [0, 0.05) is 19.3 Å². The summed E-state index contributed by atoms with van der Waals surface area (Å²) in [6, 6.07) is 0. The highest BCUT2D eigenvalue weighted by Gasteiger charge is 2.29. The van der Waals surface area contributed by atoms with E-state index in [1.54, 1.807) is 0 Å². The van der Waals surface area contributed by atoms with Crippen LogP contribution in [0.4, 0.5) is 0 Å². The number of aliphatic hydroxyl groups excluding tert-OH is 2. The standard InChI is InChI=1S/C52H102O16P2/c1-4-7-10-13-16-19-22-25-27-29-32-35-38-50(55)62-41-47(53)42-64-69(58,59)65-43-48(54)44-66-70(60,61)67-46-49(68-52(57)40-37-34-31-28-24-21-18-15-12-9-6-3)45-63-51(56)39-36-33-30-26-23-20-17-14-11-8-5-2/h47-49,53-54H,4-46H2,1-3H3,(H,58,59)(H,60,61)/t47-,48-,49-/m1/s1. The van der Waals surface area contributed by atoms with Crippen LogP contribution in [0, 0.1) is 0 Å². The fourth-order valence-electron chi connectivity index (χ4n) is 7.75. The number of hydrogen-bond donors (Lipinski definition) is 4. The number of ether oxygens (including phenoxy) is 3. The summed E-state index contributed by atoms with van der Waals surface area (Å²) in [5.41, 5.74) is 0. The maximum atomic E-state index is 12.8. The fraction of sp³-hybridized carbons (Fsp3) is 0.942. The quantitative estimate of drug-likeness (QED) is 0.0192. The van der Waals surface area contributed by atoms with Gasteiger partial charge in [-0.3, -0.25) is 32.5 Å². The van der Waals surface area contributed by atoms with Crippen molar-refractivity contribution in [2.75, 3.05) is 39.6 Å². The summed E-state index contributed by atoms with van der Waals surface area (Å²) in [7, 11) is -9.71. The third kappa shape index (κ3) is 48.8. The topological polar surface area (TPSA) is 231 Å². The van der Waals surface area contributed by atoms with E-state index < -0.39 is 91.5 Å². The lowest BCUT2D eigenvalue weighted by Crippen LogP contribution is -2.30. The summed E-state index contributed by atoms with van der Waals surface area (Å²) in [6.07, 6.45) is 34.8. The van der Waals surface area contributed by atoms with Crippen LogP contribution in [-0.4, -0.2) is 95.9 Å². The first-order valence-electron chi connectivity index (χ1n) is 27.8. The lowest BCUT2D eigenvalue weighted by atomic mass is 10.0. The van der Waals surface area contributed by atoms with E-state index in [1.807, 2.05) is 0 Å². The first-order chi connectivity index (χ1) is 33.7. The molecule has 0 radical (unpaired) electrons. The molecule has 0 saturated heterocycles. The van der Waals surface area contributed by atoms with Gasteiger partial charge in [0.1, 0.15) is 25.4 Å². The minimum atomic E-state index is -4.89. The Kier molecular flexibility index (Phi) is 47.5. The Morgan fingerprint density at radius 2 is 0.586 bits per heavy atom. The first-order valence-corrected chi connectivity index (χ1v) is 30.8. The summed E-state index contributed by atoms with van der Waals surface area (Å²) in [6.45, 7) is 2.65. The summed E-state index contributed by atoms with van der Waals surface area (Å²) in [4.78, 5) is 57.7. The smallest absolute Gasteiger partial charge is 0.463 e.